The highest BCUT2D eigenvalue weighted by Gasteiger charge is 2.37. The van der Waals surface area contributed by atoms with Crippen molar-refractivity contribution < 1.29 is 28.7 Å². The molecule has 1 N–H and O–H groups in total. The number of nitrogens with one attached hydrogen (secondary N) is 1. The summed E-state index contributed by atoms with van der Waals surface area (Å²) in [5.74, 6) is -1.67. The molecular weight excluding hydrogens is 576 g/mol. The first-order valence-electron chi connectivity index (χ1n) is 12.4. The van der Waals surface area contributed by atoms with Crippen LogP contribution < -0.4 is 15.0 Å². The fraction of sp³-hybridized carbons (Fsp3) is 0.0968. The average molecular weight is 599 g/mol. The lowest BCUT2D eigenvalue weighted by Gasteiger charge is -2.26. The van der Waals surface area contributed by atoms with Crippen molar-refractivity contribution in [1.82, 2.24) is 5.32 Å². The van der Waals surface area contributed by atoms with E-state index in [1.54, 1.807) is 13.0 Å². The van der Waals surface area contributed by atoms with Gasteiger partial charge in [-0.3, -0.25) is 14.9 Å². The summed E-state index contributed by atoms with van der Waals surface area (Å²) in [4.78, 5) is 52.1. The van der Waals surface area contributed by atoms with Crippen molar-refractivity contribution in [2.24, 2.45) is 0 Å². The van der Waals surface area contributed by atoms with E-state index in [2.05, 4.69) is 21.2 Å². The van der Waals surface area contributed by atoms with Crippen LogP contribution in [0.1, 0.15) is 28.4 Å². The first-order chi connectivity index (χ1) is 19.4. The molecule has 1 aliphatic heterocycles. The second-order valence-electron chi connectivity index (χ2n) is 8.84. The molecule has 5 rings (SSSR count). The zero-order valence-electron chi connectivity index (χ0n) is 21.3. The van der Waals surface area contributed by atoms with E-state index in [0.29, 0.717) is 11.3 Å². The lowest BCUT2D eigenvalue weighted by molar-refractivity contribution is -0.122. The summed E-state index contributed by atoms with van der Waals surface area (Å²) >= 11 is 3.42. The Bertz CT molecular complexity index is 1660. The molecule has 1 heterocycles. The molecule has 4 aromatic carbocycles. The Morgan fingerprint density at radius 3 is 2.38 bits per heavy atom. The maximum absolute atomic E-state index is 13.6. The molecule has 8 nitrogen and oxygen atoms in total. The van der Waals surface area contributed by atoms with Crippen LogP contribution in [0.5, 0.6) is 5.75 Å². The van der Waals surface area contributed by atoms with Crippen molar-refractivity contribution in [1.29, 1.82) is 0 Å². The van der Waals surface area contributed by atoms with E-state index in [-0.39, 0.29) is 30.0 Å². The average Bonchev–Trinajstić information content (AvgIpc) is 2.95. The van der Waals surface area contributed by atoms with Crippen LogP contribution in [0.4, 0.5) is 10.5 Å². The fourth-order valence-corrected chi connectivity index (χ4v) is 4.55. The molecule has 0 spiro atoms. The van der Waals surface area contributed by atoms with Crippen molar-refractivity contribution in [3.8, 4) is 5.75 Å². The number of nitrogens with zero attached hydrogens (tertiary/aromatic N) is 1. The second kappa shape index (κ2) is 11.5. The van der Waals surface area contributed by atoms with E-state index in [1.165, 1.54) is 30.3 Å². The molecule has 1 saturated heterocycles. The number of hydrogen-bond donors (Lipinski definition) is 1. The molecule has 0 unspecified atom stereocenters. The lowest BCUT2D eigenvalue weighted by Crippen LogP contribution is -2.54. The number of rotatable bonds is 7. The van der Waals surface area contributed by atoms with E-state index in [0.717, 1.165) is 25.7 Å². The van der Waals surface area contributed by atoms with E-state index in [1.807, 2.05) is 54.6 Å². The molecule has 0 atom stereocenters. The van der Waals surface area contributed by atoms with Crippen molar-refractivity contribution in [3.05, 3.63) is 112 Å². The number of esters is 1. The molecule has 40 heavy (non-hydrogen) atoms. The SMILES string of the molecule is CCOC(=O)c1ccc(N2C(=O)NC(=O)/C(=C\c3c(OCc4ccc(Br)cc4)ccc4ccccc34)C2=O)cc1. The minimum Gasteiger partial charge on any atom is -0.488 e. The largest absolute Gasteiger partial charge is 0.488 e. The van der Waals surface area contributed by atoms with Crippen LogP contribution in [0.15, 0.2) is 95.0 Å². The molecule has 4 aromatic rings. The summed E-state index contributed by atoms with van der Waals surface area (Å²) in [6, 6.07) is 23.8. The zero-order valence-corrected chi connectivity index (χ0v) is 22.9. The van der Waals surface area contributed by atoms with E-state index in [9.17, 15) is 19.2 Å². The highest BCUT2D eigenvalue weighted by Crippen LogP contribution is 2.32. The number of carbonyl (C=O) groups is 4. The smallest absolute Gasteiger partial charge is 0.338 e. The molecule has 9 heteroatoms. The second-order valence-corrected chi connectivity index (χ2v) is 9.75. The van der Waals surface area contributed by atoms with Gasteiger partial charge in [-0.1, -0.05) is 58.4 Å². The first kappa shape index (κ1) is 26.8. The predicted molar refractivity (Wildman–Crippen MR) is 154 cm³/mol. The highest BCUT2D eigenvalue weighted by molar-refractivity contribution is 9.10. The number of hydrogen-bond acceptors (Lipinski definition) is 6. The summed E-state index contributed by atoms with van der Waals surface area (Å²) in [6.07, 6.45) is 1.45. The third-order valence-corrected chi connectivity index (χ3v) is 6.79. The summed E-state index contributed by atoms with van der Waals surface area (Å²) in [7, 11) is 0. The van der Waals surface area contributed by atoms with Gasteiger partial charge in [-0.05, 0) is 71.8 Å². The molecule has 1 aliphatic rings. The lowest BCUT2D eigenvalue weighted by atomic mass is 9.99. The number of anilines is 1. The summed E-state index contributed by atoms with van der Waals surface area (Å²) in [6.45, 7) is 2.17. The van der Waals surface area contributed by atoms with Gasteiger partial charge in [0, 0.05) is 10.0 Å². The normalized spacial score (nSPS) is 14.4. The van der Waals surface area contributed by atoms with Gasteiger partial charge in [-0.25, -0.2) is 14.5 Å². The Hall–Kier alpha value is -4.76. The number of urea groups is 1. The van der Waals surface area contributed by atoms with E-state index in [4.69, 9.17) is 9.47 Å². The molecule has 0 saturated carbocycles. The number of amides is 4. The topological polar surface area (TPSA) is 102 Å². The summed E-state index contributed by atoms with van der Waals surface area (Å²) < 4.78 is 12.1. The highest BCUT2D eigenvalue weighted by atomic mass is 79.9. The van der Waals surface area contributed by atoms with Crippen molar-refractivity contribution >= 4 is 62.3 Å². The first-order valence-corrected chi connectivity index (χ1v) is 13.2. The number of benzene rings is 4. The number of carbonyl (C=O) groups excluding carboxylic acids is 4. The molecule has 200 valence electrons. The minimum atomic E-state index is -0.888. The van der Waals surface area contributed by atoms with Gasteiger partial charge in [0.2, 0.25) is 0 Å². The Balaban J connectivity index is 1.52. The van der Waals surface area contributed by atoms with Crippen LogP contribution in [-0.4, -0.2) is 30.4 Å². The molecule has 0 aromatic heterocycles. The quantitative estimate of drug-likeness (QED) is 0.158. The molecular formula is C31H23BrN2O6. The van der Waals surface area contributed by atoms with Gasteiger partial charge < -0.3 is 9.47 Å². The zero-order chi connectivity index (χ0) is 28.2. The van der Waals surface area contributed by atoms with Crippen LogP contribution in [0, 0.1) is 0 Å². The number of fused-ring (bicyclic) bond motifs is 1. The van der Waals surface area contributed by atoms with Crippen molar-refractivity contribution in [2.45, 2.75) is 13.5 Å². The molecule has 0 aliphatic carbocycles. The Morgan fingerprint density at radius 1 is 0.925 bits per heavy atom. The monoisotopic (exact) mass is 598 g/mol. The van der Waals surface area contributed by atoms with Gasteiger partial charge >= 0.3 is 12.0 Å². The van der Waals surface area contributed by atoms with Gasteiger partial charge in [-0.15, -0.1) is 0 Å². The number of halogens is 1. The van der Waals surface area contributed by atoms with Crippen molar-refractivity contribution in [3.63, 3.8) is 0 Å². The molecule has 1 fully saturated rings. The van der Waals surface area contributed by atoms with Gasteiger partial charge in [0.1, 0.15) is 17.9 Å². The van der Waals surface area contributed by atoms with Gasteiger partial charge in [0.25, 0.3) is 11.8 Å². The van der Waals surface area contributed by atoms with Crippen LogP contribution in [0.25, 0.3) is 16.8 Å². The van der Waals surface area contributed by atoms with Crippen LogP contribution in [-0.2, 0) is 20.9 Å². The third kappa shape index (κ3) is 5.50. The van der Waals surface area contributed by atoms with E-state index >= 15 is 0 Å². The number of barbiturate groups is 1. The molecule has 0 bridgehead atoms. The van der Waals surface area contributed by atoms with E-state index < -0.39 is 23.8 Å². The standard InChI is InChI=1S/C31H23BrN2O6/c1-2-39-30(37)21-9-14-23(15-10-21)34-29(36)26(28(35)33-31(34)38)17-25-24-6-4-3-5-20(24)11-16-27(25)40-18-19-7-12-22(32)13-8-19/h3-17H,2,18H2,1H3,(H,33,35,38)/b26-17+. The maximum Gasteiger partial charge on any atom is 0.338 e. The van der Waals surface area contributed by atoms with Gasteiger partial charge in [0.15, 0.2) is 0 Å². The Kier molecular flexibility index (Phi) is 7.75. The van der Waals surface area contributed by atoms with Crippen LogP contribution in [0.2, 0.25) is 0 Å². The Morgan fingerprint density at radius 2 is 1.65 bits per heavy atom. The maximum atomic E-state index is 13.6. The number of ether oxygens (including phenoxy) is 2. The minimum absolute atomic E-state index is 0.193. The molecule has 0 radical (unpaired) electrons. The fourth-order valence-electron chi connectivity index (χ4n) is 4.29. The third-order valence-electron chi connectivity index (χ3n) is 6.27. The van der Waals surface area contributed by atoms with Crippen LogP contribution >= 0.6 is 15.9 Å². The predicted octanol–water partition coefficient (Wildman–Crippen LogP) is 6.02. The van der Waals surface area contributed by atoms with Gasteiger partial charge in [0.05, 0.1) is 17.9 Å². The van der Waals surface area contributed by atoms with Crippen molar-refractivity contribution in [2.75, 3.05) is 11.5 Å². The summed E-state index contributed by atoms with van der Waals surface area (Å²) in [5, 5.41) is 3.89. The summed E-state index contributed by atoms with van der Waals surface area (Å²) in [5.41, 5.74) is 1.69. The van der Waals surface area contributed by atoms with Gasteiger partial charge in [-0.2, -0.15) is 0 Å². The molecule has 4 amide bonds. The number of imide groups is 2. The Labute approximate surface area is 238 Å². The van der Waals surface area contributed by atoms with Crippen LogP contribution in [0.3, 0.4) is 0 Å².